The Labute approximate surface area is 361 Å². The smallest absolute Gasteiger partial charge is 0.242 e. The zero-order valence-corrected chi connectivity index (χ0v) is 38.6. The molecule has 4 amide bonds. The first-order valence-electron chi connectivity index (χ1n) is 21.9. The maximum absolute atomic E-state index is 14.1. The second-order valence-corrected chi connectivity index (χ2v) is 16.9. The molecule has 8 unspecified atom stereocenters. The van der Waals surface area contributed by atoms with Crippen molar-refractivity contribution in [1.82, 2.24) is 25.3 Å². The van der Waals surface area contributed by atoms with Crippen LogP contribution in [0.3, 0.4) is 0 Å². The van der Waals surface area contributed by atoms with Crippen molar-refractivity contribution in [3.8, 4) is 0 Å². The Balaban J connectivity index is 0.00000401. The molecule has 13 nitrogen and oxygen atoms in total. The van der Waals surface area contributed by atoms with Crippen LogP contribution in [-0.4, -0.2) is 128 Å². The number of benzene rings is 2. The molecule has 338 valence electrons. The van der Waals surface area contributed by atoms with E-state index < -0.39 is 42.4 Å². The second kappa shape index (κ2) is 26.3. The van der Waals surface area contributed by atoms with Crippen LogP contribution in [0, 0.1) is 17.8 Å². The number of hydrogen-bond donors (Lipinski definition) is 4. The van der Waals surface area contributed by atoms with Gasteiger partial charge in [-0.2, -0.15) is 0 Å². The Hall–Kier alpha value is -4.04. The van der Waals surface area contributed by atoms with Gasteiger partial charge in [0.25, 0.3) is 0 Å². The van der Waals surface area contributed by atoms with E-state index in [0.717, 1.165) is 24.8 Å². The van der Waals surface area contributed by atoms with Crippen molar-refractivity contribution in [1.29, 1.82) is 0 Å². The van der Waals surface area contributed by atoms with Crippen molar-refractivity contribution in [3.63, 3.8) is 0 Å². The van der Waals surface area contributed by atoms with Gasteiger partial charge in [0.15, 0.2) is 0 Å². The average Bonchev–Trinajstić information content (AvgIpc) is 3.72. The summed E-state index contributed by atoms with van der Waals surface area (Å²) in [5, 5.41) is 16.7. The molecule has 1 fully saturated rings. The Morgan fingerprint density at radius 3 is 2.08 bits per heavy atom. The van der Waals surface area contributed by atoms with E-state index in [0.29, 0.717) is 30.8 Å². The summed E-state index contributed by atoms with van der Waals surface area (Å²) in [5.74, 6) is -1.53. The minimum Gasteiger partial charge on any atom is -0.399 e. The number of aliphatic hydroxyl groups excluding tert-OH is 1. The van der Waals surface area contributed by atoms with Crippen molar-refractivity contribution in [3.05, 3.63) is 65.7 Å². The number of nitrogens with two attached hydrogens (primary N) is 1. The summed E-state index contributed by atoms with van der Waals surface area (Å²) in [6, 6.07) is 15.1. The molecular weight excluding hydrogens is 761 g/mol. The average molecular weight is 839 g/mol. The van der Waals surface area contributed by atoms with Gasteiger partial charge in [-0.3, -0.25) is 24.1 Å². The molecule has 2 aromatic carbocycles. The van der Waals surface area contributed by atoms with Crippen molar-refractivity contribution in [2.75, 3.05) is 53.7 Å². The van der Waals surface area contributed by atoms with Crippen LogP contribution in [0.4, 0.5) is 5.69 Å². The molecule has 9 atom stereocenters. The maximum atomic E-state index is 14.1. The van der Waals surface area contributed by atoms with Crippen LogP contribution >= 0.6 is 0 Å². The fourth-order valence-corrected chi connectivity index (χ4v) is 8.23. The molecule has 0 bridgehead atoms. The molecular formula is C47H78N6O7. The summed E-state index contributed by atoms with van der Waals surface area (Å²) in [4.78, 5) is 60.3. The van der Waals surface area contributed by atoms with E-state index in [-0.39, 0.29) is 54.5 Å². The van der Waals surface area contributed by atoms with Crippen LogP contribution < -0.4 is 16.4 Å². The van der Waals surface area contributed by atoms with Gasteiger partial charge in [-0.25, -0.2) is 0 Å². The summed E-state index contributed by atoms with van der Waals surface area (Å²) in [6.07, 6.45) is 2.10. The molecule has 2 aromatic rings. The number of likely N-dealkylation sites (N-methyl/N-ethyl adjacent to an activating group) is 2. The molecule has 0 spiro atoms. The number of nitrogens with zero attached hydrogens (tertiary/aromatic N) is 3. The maximum Gasteiger partial charge on any atom is 0.242 e. The largest absolute Gasteiger partial charge is 0.399 e. The predicted octanol–water partition coefficient (Wildman–Crippen LogP) is 5.46. The Morgan fingerprint density at radius 1 is 0.917 bits per heavy atom. The lowest BCUT2D eigenvalue weighted by Gasteiger charge is -2.39. The van der Waals surface area contributed by atoms with Crippen molar-refractivity contribution in [2.45, 2.75) is 136 Å². The number of anilines is 1. The lowest BCUT2D eigenvalue weighted by Crippen LogP contribution is -2.55. The Bertz CT molecular complexity index is 1580. The molecule has 0 radical (unpaired) electrons. The van der Waals surface area contributed by atoms with Crippen LogP contribution in [0.15, 0.2) is 54.6 Å². The third-order valence-corrected chi connectivity index (χ3v) is 11.8. The number of carbonyl (C=O) groups is 4. The molecule has 60 heavy (non-hydrogen) atoms. The van der Waals surface area contributed by atoms with Crippen LogP contribution in [0.1, 0.15) is 105 Å². The molecule has 1 aliphatic rings. The quantitative estimate of drug-likeness (QED) is 0.113. The fourth-order valence-electron chi connectivity index (χ4n) is 8.23. The lowest BCUT2D eigenvalue weighted by molar-refractivity contribution is -0.146. The Kier molecular flexibility index (Phi) is 22.9. The minimum atomic E-state index is -0.881. The van der Waals surface area contributed by atoms with Crippen molar-refractivity contribution < 1.29 is 33.8 Å². The number of hydrogen-bond acceptors (Lipinski definition) is 9. The van der Waals surface area contributed by atoms with E-state index >= 15 is 0 Å². The zero-order chi connectivity index (χ0) is 45.1. The van der Waals surface area contributed by atoms with Gasteiger partial charge in [-0.05, 0) is 68.3 Å². The molecule has 1 aliphatic heterocycles. The second-order valence-electron chi connectivity index (χ2n) is 16.9. The van der Waals surface area contributed by atoms with Gasteiger partial charge in [0.1, 0.15) is 0 Å². The predicted molar refractivity (Wildman–Crippen MR) is 240 cm³/mol. The number of nitrogens with one attached hydrogen (secondary N) is 2. The SMILES string of the molecule is CCC.CCC(C)C(C(CC(=O)N1CCCC1C(OC)C(C)C(=O)N[C@H](C)C(O)c1ccccc1)OC)N(C)C(=O)CNC(=O)C(C(C)C)N(C)CCc1ccc(N)cc1. The van der Waals surface area contributed by atoms with Crippen LogP contribution in [0.25, 0.3) is 0 Å². The number of aliphatic hydroxyl groups is 1. The molecule has 0 saturated carbocycles. The number of likely N-dealkylation sites (tertiary alicyclic amines) is 1. The molecule has 5 N–H and O–H groups in total. The van der Waals surface area contributed by atoms with Gasteiger partial charge in [0.2, 0.25) is 23.6 Å². The Morgan fingerprint density at radius 2 is 1.53 bits per heavy atom. The summed E-state index contributed by atoms with van der Waals surface area (Å²) in [6.45, 7) is 16.8. The van der Waals surface area contributed by atoms with Crippen LogP contribution in [0.2, 0.25) is 0 Å². The van der Waals surface area contributed by atoms with Gasteiger partial charge in [-0.15, -0.1) is 0 Å². The van der Waals surface area contributed by atoms with E-state index in [2.05, 4.69) is 24.5 Å². The third-order valence-electron chi connectivity index (χ3n) is 11.8. The van der Waals surface area contributed by atoms with Gasteiger partial charge in [0, 0.05) is 40.0 Å². The van der Waals surface area contributed by atoms with Crippen molar-refractivity contribution >= 4 is 29.3 Å². The van der Waals surface area contributed by atoms with E-state index in [1.807, 2.05) is 94.2 Å². The highest BCUT2D eigenvalue weighted by Crippen LogP contribution is 2.30. The summed E-state index contributed by atoms with van der Waals surface area (Å²) < 4.78 is 11.9. The molecule has 1 saturated heterocycles. The molecule has 1 heterocycles. The van der Waals surface area contributed by atoms with Gasteiger partial charge in [0.05, 0.1) is 61.4 Å². The highest BCUT2D eigenvalue weighted by molar-refractivity contribution is 5.88. The van der Waals surface area contributed by atoms with E-state index in [4.69, 9.17) is 15.2 Å². The highest BCUT2D eigenvalue weighted by atomic mass is 16.5. The van der Waals surface area contributed by atoms with E-state index in [1.54, 1.807) is 44.9 Å². The van der Waals surface area contributed by atoms with Crippen LogP contribution in [-0.2, 0) is 35.1 Å². The first kappa shape index (κ1) is 52.1. The fraction of sp³-hybridized carbons (Fsp3) is 0.660. The van der Waals surface area contributed by atoms with E-state index in [1.165, 1.54) is 6.42 Å². The monoisotopic (exact) mass is 839 g/mol. The number of ether oxygens (including phenoxy) is 2. The van der Waals surface area contributed by atoms with Gasteiger partial charge >= 0.3 is 0 Å². The number of rotatable bonds is 22. The van der Waals surface area contributed by atoms with Gasteiger partial charge in [-0.1, -0.05) is 104 Å². The highest BCUT2D eigenvalue weighted by Gasteiger charge is 2.42. The molecule has 0 aliphatic carbocycles. The number of methoxy groups -OCH3 is 2. The van der Waals surface area contributed by atoms with E-state index in [9.17, 15) is 24.3 Å². The molecule has 0 aromatic heterocycles. The lowest BCUT2D eigenvalue weighted by atomic mass is 9.90. The van der Waals surface area contributed by atoms with Gasteiger partial charge < -0.3 is 40.7 Å². The molecule has 13 heteroatoms. The number of carbonyl (C=O) groups excluding carboxylic acids is 4. The van der Waals surface area contributed by atoms with Crippen molar-refractivity contribution in [2.24, 2.45) is 17.8 Å². The normalized spacial score (nSPS) is 18.0. The first-order valence-corrected chi connectivity index (χ1v) is 21.9. The number of nitrogen functional groups attached to an aromatic ring is 1. The van der Waals surface area contributed by atoms with Crippen LogP contribution in [0.5, 0.6) is 0 Å². The zero-order valence-electron chi connectivity index (χ0n) is 38.6. The third kappa shape index (κ3) is 15.1. The summed E-state index contributed by atoms with van der Waals surface area (Å²) in [5.41, 5.74) is 8.37. The first-order chi connectivity index (χ1) is 28.5. The molecule has 3 rings (SSSR count). The minimum absolute atomic E-state index is 0.00610. The topological polar surface area (TPSA) is 167 Å². The summed E-state index contributed by atoms with van der Waals surface area (Å²) >= 11 is 0. The standard InChI is InChI=1S/C44H70N6O7.C3H8/c1-11-29(4)40(49(8)38(52)27-46-44(55)39(28(2)3)48(7)25-23-32-19-21-34(45)22-20-32)36(56-9)26-37(51)50-24-15-18-35(50)42(57-10)30(5)43(54)47-31(6)41(53)33-16-13-12-14-17-33;1-3-2/h12-14,16-17,19-22,28-31,35-36,39-42,53H,11,15,18,23-27,45H2,1-10H3,(H,46,55)(H,47,54);3H2,1-2H3/t29?,30?,31-,35?,36?,39?,40?,41?,42?;/m1./s1. The number of amides is 4. The summed E-state index contributed by atoms with van der Waals surface area (Å²) in [7, 11) is 6.73.